The molecule has 2 aliphatic rings. The summed E-state index contributed by atoms with van der Waals surface area (Å²) in [6, 6.07) is 0.0404. The maximum Gasteiger partial charge on any atom is 0.216 e. The van der Waals surface area contributed by atoms with Gasteiger partial charge in [-0.3, -0.25) is 14.8 Å². The van der Waals surface area contributed by atoms with E-state index in [0.29, 0.717) is 19.7 Å². The molecule has 0 aromatic carbocycles. The summed E-state index contributed by atoms with van der Waals surface area (Å²) < 4.78 is 7.85. The standard InChI is InChI=1S/C16H21N5O3S/c1-9(22)18-6-11-8-24-13-12-15(16(23)17-3-4-21(11)12)25-14(13)10-5-19-20(2)7-10/h5,7,11,16-17,23H,3-4,6,8H2,1-2H3,(H,18,22)/t11-,16?/m1/s1. The average Bonchev–Trinajstić information content (AvgIpc) is 3.12. The second kappa shape index (κ2) is 6.32. The maximum absolute atomic E-state index is 11.3. The number of aliphatic hydroxyl groups excluding tert-OH is 1. The predicted octanol–water partition coefficient (Wildman–Crippen LogP) is 0.446. The Morgan fingerprint density at radius 2 is 2.44 bits per heavy atom. The molecule has 1 unspecified atom stereocenters. The number of ether oxygens (including phenoxy) is 1. The van der Waals surface area contributed by atoms with Crippen LogP contribution in [-0.2, 0) is 11.8 Å². The summed E-state index contributed by atoms with van der Waals surface area (Å²) in [7, 11) is 1.88. The van der Waals surface area contributed by atoms with E-state index in [2.05, 4.69) is 20.6 Å². The zero-order valence-corrected chi connectivity index (χ0v) is 15.0. The molecule has 0 saturated carbocycles. The number of anilines is 1. The molecular weight excluding hydrogens is 342 g/mol. The molecule has 0 radical (unpaired) electrons. The Morgan fingerprint density at radius 3 is 3.16 bits per heavy atom. The van der Waals surface area contributed by atoms with Crippen LogP contribution in [0.1, 0.15) is 18.0 Å². The summed E-state index contributed by atoms with van der Waals surface area (Å²) in [6.07, 6.45) is 3.02. The van der Waals surface area contributed by atoms with E-state index in [1.165, 1.54) is 18.3 Å². The molecule has 3 N–H and O–H groups in total. The molecule has 0 bridgehead atoms. The largest absolute Gasteiger partial charge is 0.488 e. The highest BCUT2D eigenvalue weighted by atomic mass is 32.1. The van der Waals surface area contributed by atoms with Crippen molar-refractivity contribution in [3.05, 3.63) is 17.3 Å². The lowest BCUT2D eigenvalue weighted by molar-refractivity contribution is -0.119. The van der Waals surface area contributed by atoms with Gasteiger partial charge in [-0.25, -0.2) is 0 Å². The predicted molar refractivity (Wildman–Crippen MR) is 94.8 cm³/mol. The van der Waals surface area contributed by atoms with Gasteiger partial charge in [-0.1, -0.05) is 0 Å². The number of carbonyl (C=O) groups excluding carboxylic acids is 1. The van der Waals surface area contributed by atoms with Crippen LogP contribution in [0, 0.1) is 0 Å². The molecule has 4 heterocycles. The van der Waals surface area contributed by atoms with Crippen LogP contribution in [-0.4, -0.2) is 53.1 Å². The van der Waals surface area contributed by atoms with Crippen molar-refractivity contribution in [3.63, 3.8) is 0 Å². The molecule has 134 valence electrons. The first-order valence-electron chi connectivity index (χ1n) is 8.25. The molecule has 0 saturated heterocycles. The van der Waals surface area contributed by atoms with Crippen molar-refractivity contribution in [3.8, 4) is 16.2 Å². The van der Waals surface area contributed by atoms with Crippen LogP contribution in [0.5, 0.6) is 5.75 Å². The van der Waals surface area contributed by atoms with Crippen molar-refractivity contribution in [2.24, 2.45) is 7.05 Å². The van der Waals surface area contributed by atoms with E-state index in [9.17, 15) is 9.90 Å². The average molecular weight is 363 g/mol. The van der Waals surface area contributed by atoms with E-state index in [1.807, 2.05) is 13.2 Å². The van der Waals surface area contributed by atoms with Crippen LogP contribution in [0.15, 0.2) is 12.4 Å². The van der Waals surface area contributed by atoms with Crippen LogP contribution in [0.25, 0.3) is 10.4 Å². The second-order valence-corrected chi connectivity index (χ2v) is 7.38. The minimum Gasteiger partial charge on any atom is -0.488 e. The van der Waals surface area contributed by atoms with Crippen LogP contribution in [0.3, 0.4) is 0 Å². The number of nitrogens with one attached hydrogen (secondary N) is 2. The summed E-state index contributed by atoms with van der Waals surface area (Å²) in [5, 5.41) is 20.8. The summed E-state index contributed by atoms with van der Waals surface area (Å²) in [4.78, 5) is 15.4. The highest BCUT2D eigenvalue weighted by molar-refractivity contribution is 7.16. The maximum atomic E-state index is 11.3. The van der Waals surface area contributed by atoms with E-state index in [-0.39, 0.29) is 11.9 Å². The SMILES string of the molecule is CC(=O)NC[C@@H]1COc2c(-c3cnn(C)c3)sc3c2N1CCNC3O. The van der Waals surface area contributed by atoms with Crippen molar-refractivity contribution < 1.29 is 14.6 Å². The van der Waals surface area contributed by atoms with Crippen molar-refractivity contribution in [1.29, 1.82) is 0 Å². The van der Waals surface area contributed by atoms with E-state index in [0.717, 1.165) is 33.3 Å². The number of hydrogen-bond acceptors (Lipinski definition) is 7. The first-order valence-corrected chi connectivity index (χ1v) is 9.07. The Balaban J connectivity index is 1.76. The Morgan fingerprint density at radius 1 is 1.60 bits per heavy atom. The third-order valence-electron chi connectivity index (χ3n) is 4.51. The molecule has 0 aliphatic carbocycles. The third-order valence-corrected chi connectivity index (χ3v) is 5.77. The Labute approximate surface area is 149 Å². The number of aryl methyl sites for hydroxylation is 1. The number of rotatable bonds is 3. The van der Waals surface area contributed by atoms with Crippen LogP contribution in [0.2, 0.25) is 0 Å². The normalized spacial score (nSPS) is 22.1. The van der Waals surface area contributed by atoms with E-state index in [4.69, 9.17) is 4.74 Å². The number of aliphatic hydroxyl groups is 1. The van der Waals surface area contributed by atoms with Gasteiger partial charge in [0.2, 0.25) is 5.91 Å². The number of aromatic nitrogens is 2. The molecule has 0 spiro atoms. The highest BCUT2D eigenvalue weighted by Crippen LogP contribution is 2.52. The van der Waals surface area contributed by atoms with E-state index in [1.54, 1.807) is 10.9 Å². The van der Waals surface area contributed by atoms with E-state index < -0.39 is 6.23 Å². The molecule has 8 nitrogen and oxygen atoms in total. The minimum absolute atomic E-state index is 0.0404. The molecule has 25 heavy (non-hydrogen) atoms. The van der Waals surface area contributed by atoms with Gasteiger partial charge in [0, 0.05) is 45.4 Å². The number of nitrogens with zero attached hydrogens (tertiary/aromatic N) is 3. The Kier molecular flexibility index (Phi) is 4.14. The van der Waals surface area contributed by atoms with Crippen molar-refractivity contribution >= 4 is 22.9 Å². The number of thiophene rings is 1. The summed E-state index contributed by atoms with van der Waals surface area (Å²) >= 11 is 1.52. The van der Waals surface area contributed by atoms with Gasteiger partial charge in [0.25, 0.3) is 0 Å². The molecule has 1 amide bonds. The summed E-state index contributed by atoms with van der Waals surface area (Å²) in [6.45, 7) is 3.93. The number of hydrogen-bond donors (Lipinski definition) is 3. The van der Waals surface area contributed by atoms with Crippen molar-refractivity contribution in [1.82, 2.24) is 20.4 Å². The topological polar surface area (TPSA) is 91.7 Å². The lowest BCUT2D eigenvalue weighted by atomic mass is 10.1. The van der Waals surface area contributed by atoms with Crippen molar-refractivity contribution in [2.45, 2.75) is 19.2 Å². The molecule has 4 rings (SSSR count). The molecular formula is C16H21N5O3S. The Hall–Kier alpha value is -2.10. The zero-order chi connectivity index (χ0) is 17.6. The first kappa shape index (κ1) is 16.4. The van der Waals surface area contributed by atoms with Gasteiger partial charge < -0.3 is 20.1 Å². The van der Waals surface area contributed by atoms with Gasteiger partial charge in [-0.2, -0.15) is 5.10 Å². The fourth-order valence-corrected chi connectivity index (χ4v) is 4.53. The van der Waals surface area contributed by atoms with Gasteiger partial charge in [-0.15, -0.1) is 11.3 Å². The zero-order valence-electron chi connectivity index (χ0n) is 14.2. The Bertz CT molecular complexity index is 802. The lowest BCUT2D eigenvalue weighted by Gasteiger charge is -2.37. The summed E-state index contributed by atoms with van der Waals surface area (Å²) in [5.41, 5.74) is 1.91. The number of amides is 1. The van der Waals surface area contributed by atoms with Gasteiger partial charge in [0.15, 0.2) is 5.75 Å². The number of carbonyl (C=O) groups is 1. The molecule has 2 aromatic rings. The smallest absolute Gasteiger partial charge is 0.216 e. The third kappa shape index (κ3) is 2.88. The molecule has 2 aromatic heterocycles. The fraction of sp³-hybridized carbons (Fsp3) is 0.500. The van der Waals surface area contributed by atoms with Crippen LogP contribution >= 0.6 is 11.3 Å². The minimum atomic E-state index is -0.725. The second-order valence-electron chi connectivity index (χ2n) is 6.33. The van der Waals surface area contributed by atoms with Crippen molar-refractivity contribution in [2.75, 3.05) is 31.1 Å². The quantitative estimate of drug-likeness (QED) is 0.733. The van der Waals surface area contributed by atoms with Crippen LogP contribution < -0.4 is 20.3 Å². The van der Waals surface area contributed by atoms with Gasteiger partial charge >= 0.3 is 0 Å². The van der Waals surface area contributed by atoms with E-state index >= 15 is 0 Å². The molecule has 2 aliphatic heterocycles. The van der Waals surface area contributed by atoms with Gasteiger partial charge in [-0.05, 0) is 0 Å². The summed E-state index contributed by atoms with van der Waals surface area (Å²) in [5.74, 6) is 0.746. The molecule has 0 fully saturated rings. The lowest BCUT2D eigenvalue weighted by Crippen LogP contribution is -2.50. The van der Waals surface area contributed by atoms with Gasteiger partial charge in [0.05, 0.1) is 27.7 Å². The first-order chi connectivity index (χ1) is 12.0. The fourth-order valence-electron chi connectivity index (χ4n) is 3.34. The molecule has 2 atom stereocenters. The molecule has 9 heteroatoms. The van der Waals surface area contributed by atoms with Gasteiger partial charge in [0.1, 0.15) is 12.8 Å². The highest BCUT2D eigenvalue weighted by Gasteiger charge is 2.37. The van der Waals surface area contributed by atoms with Crippen LogP contribution in [0.4, 0.5) is 5.69 Å². The monoisotopic (exact) mass is 363 g/mol.